The first-order valence-electron chi connectivity index (χ1n) is 5.26. The Bertz CT molecular complexity index is 529. The summed E-state index contributed by atoms with van der Waals surface area (Å²) in [6, 6.07) is 8.26. The number of anilines is 1. The number of nitrogen functional groups attached to an aromatic ring is 1. The molecule has 3 nitrogen and oxygen atoms in total. The lowest BCUT2D eigenvalue weighted by atomic mass is 10.2. The van der Waals surface area contributed by atoms with Crippen LogP contribution in [0.5, 0.6) is 5.88 Å². The second-order valence-electron chi connectivity index (χ2n) is 3.73. The summed E-state index contributed by atoms with van der Waals surface area (Å²) < 4.78 is 18.7. The van der Waals surface area contributed by atoms with Crippen molar-refractivity contribution < 1.29 is 9.13 Å². The van der Waals surface area contributed by atoms with Crippen molar-refractivity contribution >= 4 is 5.69 Å². The number of benzene rings is 1. The fourth-order valence-electron chi connectivity index (χ4n) is 1.42. The van der Waals surface area contributed by atoms with Gasteiger partial charge in [-0.05, 0) is 24.6 Å². The van der Waals surface area contributed by atoms with E-state index in [1.807, 2.05) is 6.92 Å². The van der Waals surface area contributed by atoms with E-state index in [0.29, 0.717) is 17.1 Å². The maximum Gasteiger partial charge on any atom is 0.237 e. The molecule has 0 radical (unpaired) electrons. The van der Waals surface area contributed by atoms with Crippen LogP contribution >= 0.6 is 0 Å². The fourth-order valence-corrected chi connectivity index (χ4v) is 1.42. The van der Waals surface area contributed by atoms with E-state index in [0.717, 1.165) is 5.56 Å². The Morgan fingerprint density at radius 2 is 2.06 bits per heavy atom. The topological polar surface area (TPSA) is 48.1 Å². The van der Waals surface area contributed by atoms with Gasteiger partial charge in [-0.25, -0.2) is 9.37 Å². The van der Waals surface area contributed by atoms with Crippen molar-refractivity contribution in [3.05, 3.63) is 53.5 Å². The minimum Gasteiger partial charge on any atom is -0.471 e. The molecule has 0 spiro atoms. The van der Waals surface area contributed by atoms with Crippen LogP contribution in [0.15, 0.2) is 36.5 Å². The van der Waals surface area contributed by atoms with Crippen LogP contribution < -0.4 is 10.5 Å². The van der Waals surface area contributed by atoms with Crippen molar-refractivity contribution in [3.63, 3.8) is 0 Å². The number of nitrogens with two attached hydrogens (primary N) is 1. The number of hydrogen-bond donors (Lipinski definition) is 1. The first-order chi connectivity index (χ1) is 8.18. The minimum atomic E-state index is -0.293. The van der Waals surface area contributed by atoms with E-state index in [1.54, 1.807) is 30.5 Å². The maximum absolute atomic E-state index is 13.3. The van der Waals surface area contributed by atoms with Gasteiger partial charge in [-0.2, -0.15) is 0 Å². The molecule has 0 amide bonds. The smallest absolute Gasteiger partial charge is 0.237 e. The number of rotatable bonds is 3. The molecule has 2 aromatic rings. The predicted octanol–water partition coefficient (Wildman–Crippen LogP) is 2.69. The Morgan fingerprint density at radius 3 is 2.82 bits per heavy atom. The van der Waals surface area contributed by atoms with Crippen LogP contribution in [0.1, 0.15) is 11.1 Å². The molecule has 0 aliphatic carbocycles. The Balaban J connectivity index is 2.13. The maximum atomic E-state index is 13.3. The van der Waals surface area contributed by atoms with Gasteiger partial charge in [0.2, 0.25) is 5.88 Å². The molecule has 0 saturated heterocycles. The summed E-state index contributed by atoms with van der Waals surface area (Å²) in [5.41, 5.74) is 7.67. The summed E-state index contributed by atoms with van der Waals surface area (Å²) in [6.07, 6.45) is 1.61. The van der Waals surface area contributed by atoms with Crippen LogP contribution in [0.4, 0.5) is 10.1 Å². The molecule has 0 bridgehead atoms. The standard InChI is InChI=1S/C13H13FN2O/c1-9-6-7-16-13(12(9)15)17-8-10-4-2-3-5-11(10)14/h2-7H,8,15H2,1H3. The second-order valence-corrected chi connectivity index (χ2v) is 3.73. The van der Waals surface area contributed by atoms with Gasteiger partial charge in [-0.1, -0.05) is 18.2 Å². The van der Waals surface area contributed by atoms with E-state index in [-0.39, 0.29) is 12.4 Å². The quantitative estimate of drug-likeness (QED) is 0.885. The highest BCUT2D eigenvalue weighted by Gasteiger charge is 2.06. The molecule has 1 heterocycles. The molecule has 0 saturated carbocycles. The van der Waals surface area contributed by atoms with E-state index >= 15 is 0 Å². The van der Waals surface area contributed by atoms with Crippen molar-refractivity contribution in [1.29, 1.82) is 0 Å². The van der Waals surface area contributed by atoms with Gasteiger partial charge in [0, 0.05) is 11.8 Å². The molecular weight excluding hydrogens is 219 g/mol. The number of ether oxygens (including phenoxy) is 1. The highest BCUT2D eigenvalue weighted by Crippen LogP contribution is 2.22. The monoisotopic (exact) mass is 232 g/mol. The van der Waals surface area contributed by atoms with Gasteiger partial charge < -0.3 is 10.5 Å². The van der Waals surface area contributed by atoms with Gasteiger partial charge in [0.15, 0.2) is 0 Å². The van der Waals surface area contributed by atoms with Crippen molar-refractivity contribution in [3.8, 4) is 5.88 Å². The Labute approximate surface area is 99.1 Å². The van der Waals surface area contributed by atoms with Gasteiger partial charge in [-0.3, -0.25) is 0 Å². The van der Waals surface area contributed by atoms with E-state index in [4.69, 9.17) is 10.5 Å². The third-order valence-electron chi connectivity index (χ3n) is 2.49. The zero-order valence-electron chi connectivity index (χ0n) is 9.48. The third-order valence-corrected chi connectivity index (χ3v) is 2.49. The zero-order valence-corrected chi connectivity index (χ0v) is 9.48. The Morgan fingerprint density at radius 1 is 1.29 bits per heavy atom. The van der Waals surface area contributed by atoms with Gasteiger partial charge in [0.05, 0.1) is 5.69 Å². The molecule has 0 fully saturated rings. The average Bonchev–Trinajstić information content (AvgIpc) is 2.33. The number of pyridine rings is 1. The van der Waals surface area contributed by atoms with Crippen molar-refractivity contribution in [2.45, 2.75) is 13.5 Å². The molecule has 17 heavy (non-hydrogen) atoms. The first-order valence-corrected chi connectivity index (χ1v) is 5.26. The number of hydrogen-bond acceptors (Lipinski definition) is 3. The van der Waals surface area contributed by atoms with Crippen LogP contribution in [0, 0.1) is 12.7 Å². The van der Waals surface area contributed by atoms with Gasteiger partial charge in [0.1, 0.15) is 12.4 Å². The Hall–Kier alpha value is -2.10. The van der Waals surface area contributed by atoms with Crippen LogP contribution in [-0.4, -0.2) is 4.98 Å². The van der Waals surface area contributed by atoms with Crippen molar-refractivity contribution in [2.75, 3.05) is 5.73 Å². The lowest BCUT2D eigenvalue weighted by molar-refractivity contribution is 0.289. The summed E-state index contributed by atoms with van der Waals surface area (Å²) >= 11 is 0. The SMILES string of the molecule is Cc1ccnc(OCc2ccccc2F)c1N. The van der Waals surface area contributed by atoms with Crippen molar-refractivity contribution in [2.24, 2.45) is 0 Å². The molecule has 1 aromatic heterocycles. The molecule has 88 valence electrons. The van der Waals surface area contributed by atoms with E-state index < -0.39 is 0 Å². The summed E-state index contributed by atoms with van der Waals surface area (Å²) in [5.74, 6) is 0.0481. The molecular formula is C13H13FN2O. The normalized spacial score (nSPS) is 10.2. The van der Waals surface area contributed by atoms with Crippen LogP contribution in [-0.2, 0) is 6.61 Å². The predicted molar refractivity (Wildman–Crippen MR) is 64.1 cm³/mol. The third kappa shape index (κ3) is 2.53. The number of aryl methyl sites for hydroxylation is 1. The number of aromatic nitrogens is 1. The second kappa shape index (κ2) is 4.82. The van der Waals surface area contributed by atoms with Gasteiger partial charge in [-0.15, -0.1) is 0 Å². The molecule has 0 aliphatic heterocycles. The lowest BCUT2D eigenvalue weighted by Gasteiger charge is -2.09. The molecule has 4 heteroatoms. The van der Waals surface area contributed by atoms with E-state index in [1.165, 1.54) is 6.07 Å². The fraction of sp³-hybridized carbons (Fsp3) is 0.154. The number of halogens is 1. The molecule has 0 aliphatic rings. The molecule has 2 rings (SSSR count). The minimum absolute atomic E-state index is 0.118. The zero-order chi connectivity index (χ0) is 12.3. The van der Waals surface area contributed by atoms with Gasteiger partial charge >= 0.3 is 0 Å². The summed E-state index contributed by atoms with van der Waals surface area (Å²) in [6.45, 7) is 1.99. The highest BCUT2D eigenvalue weighted by molar-refractivity contribution is 5.53. The summed E-state index contributed by atoms with van der Waals surface area (Å²) in [7, 11) is 0. The largest absolute Gasteiger partial charge is 0.471 e. The molecule has 0 atom stereocenters. The van der Waals surface area contributed by atoms with Crippen molar-refractivity contribution in [1.82, 2.24) is 4.98 Å². The molecule has 0 unspecified atom stereocenters. The summed E-state index contributed by atoms with van der Waals surface area (Å²) in [5, 5.41) is 0. The van der Waals surface area contributed by atoms with E-state index in [9.17, 15) is 4.39 Å². The van der Waals surface area contributed by atoms with Gasteiger partial charge in [0.25, 0.3) is 0 Å². The Kier molecular flexibility index (Phi) is 3.23. The van der Waals surface area contributed by atoms with Crippen LogP contribution in [0.3, 0.4) is 0 Å². The van der Waals surface area contributed by atoms with Crippen LogP contribution in [0.25, 0.3) is 0 Å². The van der Waals surface area contributed by atoms with E-state index in [2.05, 4.69) is 4.98 Å². The average molecular weight is 232 g/mol. The number of nitrogens with zero attached hydrogens (tertiary/aromatic N) is 1. The molecule has 2 N–H and O–H groups in total. The van der Waals surface area contributed by atoms with Crippen LogP contribution in [0.2, 0.25) is 0 Å². The lowest BCUT2D eigenvalue weighted by Crippen LogP contribution is -2.03. The first kappa shape index (κ1) is 11.4. The highest BCUT2D eigenvalue weighted by atomic mass is 19.1. The summed E-state index contributed by atoms with van der Waals surface area (Å²) in [4.78, 5) is 4.01. The molecule has 1 aromatic carbocycles.